The molecule has 0 N–H and O–H groups in total. The molecule has 144 valence electrons. The van der Waals surface area contributed by atoms with Gasteiger partial charge in [0, 0.05) is 22.8 Å². The first-order valence-electron chi connectivity index (χ1n) is 8.26. The summed E-state index contributed by atoms with van der Waals surface area (Å²) in [5.41, 5.74) is 1.24. The van der Waals surface area contributed by atoms with E-state index in [0.717, 1.165) is 23.8 Å². The largest absolute Gasteiger partial charge is 0.409 e. The van der Waals surface area contributed by atoms with E-state index in [9.17, 15) is 26.3 Å². The Bertz CT molecular complexity index is 1050. The van der Waals surface area contributed by atoms with Crippen LogP contribution in [-0.2, 0) is 0 Å². The van der Waals surface area contributed by atoms with E-state index in [4.69, 9.17) is 0 Å². The molecule has 0 bridgehead atoms. The maximum atomic E-state index is 14.6. The van der Waals surface area contributed by atoms with Gasteiger partial charge in [-0.2, -0.15) is 13.2 Å². The van der Waals surface area contributed by atoms with Gasteiger partial charge in [0.2, 0.25) is 0 Å². The van der Waals surface area contributed by atoms with Crippen LogP contribution in [-0.4, -0.2) is 6.18 Å². The number of allylic oxidation sites excluding steroid dienone is 1. The molecule has 0 nitrogen and oxygen atoms in total. The van der Waals surface area contributed by atoms with E-state index in [2.05, 4.69) is 0 Å². The van der Waals surface area contributed by atoms with E-state index >= 15 is 0 Å². The summed E-state index contributed by atoms with van der Waals surface area (Å²) in [4.78, 5) is 0. The first-order chi connectivity index (χ1) is 13.1. The Balaban J connectivity index is 1.94. The Morgan fingerprint density at radius 1 is 0.679 bits per heavy atom. The Hall–Kier alpha value is -3.02. The maximum absolute atomic E-state index is 14.6. The highest BCUT2D eigenvalue weighted by Gasteiger charge is 2.22. The van der Waals surface area contributed by atoms with Crippen LogP contribution in [0.2, 0.25) is 0 Å². The van der Waals surface area contributed by atoms with E-state index < -0.39 is 23.6 Å². The average Bonchev–Trinajstić information content (AvgIpc) is 2.60. The van der Waals surface area contributed by atoms with Crippen molar-refractivity contribution in [1.82, 2.24) is 0 Å². The van der Waals surface area contributed by atoms with Gasteiger partial charge in [-0.15, -0.1) is 0 Å². The van der Waals surface area contributed by atoms with Crippen molar-refractivity contribution in [3.05, 3.63) is 89.3 Å². The van der Waals surface area contributed by atoms with Crippen LogP contribution in [0.3, 0.4) is 0 Å². The molecule has 0 fully saturated rings. The van der Waals surface area contributed by atoms with Gasteiger partial charge in [-0.3, -0.25) is 0 Å². The molecule has 0 saturated heterocycles. The monoisotopic (exact) mass is 392 g/mol. The minimum Gasteiger partial charge on any atom is -0.206 e. The van der Waals surface area contributed by atoms with Gasteiger partial charge < -0.3 is 0 Å². The fraction of sp³-hybridized carbons (Fsp3) is 0.0909. The molecule has 3 aromatic carbocycles. The molecule has 0 atom stereocenters. The Morgan fingerprint density at radius 3 is 1.75 bits per heavy atom. The molecule has 0 spiro atoms. The summed E-state index contributed by atoms with van der Waals surface area (Å²) in [6, 6.07) is 12.0. The summed E-state index contributed by atoms with van der Waals surface area (Å²) in [7, 11) is 0. The number of benzene rings is 3. The molecule has 0 aromatic heterocycles. The second kappa shape index (κ2) is 7.54. The zero-order valence-electron chi connectivity index (χ0n) is 14.6. The smallest absolute Gasteiger partial charge is 0.206 e. The van der Waals surface area contributed by atoms with Gasteiger partial charge in [0.1, 0.15) is 17.5 Å². The Labute approximate surface area is 157 Å². The molecular weight excluding hydrogens is 378 g/mol. The van der Waals surface area contributed by atoms with E-state index in [1.54, 1.807) is 19.1 Å². The third kappa shape index (κ3) is 4.44. The number of hydrogen-bond donors (Lipinski definition) is 0. The summed E-state index contributed by atoms with van der Waals surface area (Å²) in [6.45, 7) is 1.73. The fourth-order valence-electron chi connectivity index (χ4n) is 2.79. The van der Waals surface area contributed by atoms with Crippen molar-refractivity contribution >= 4 is 6.08 Å². The van der Waals surface area contributed by atoms with Crippen LogP contribution >= 0.6 is 0 Å². The predicted octanol–water partition coefficient (Wildman–Crippen LogP) is 7.32. The zero-order valence-corrected chi connectivity index (χ0v) is 14.6. The van der Waals surface area contributed by atoms with Crippen LogP contribution in [0.4, 0.5) is 26.3 Å². The SMILES string of the molecule is Cc1ccc(-c2ccc(-c3ccc(/C=C/C(F)(F)F)c(F)c3)c(F)c2)c(F)c1. The first kappa shape index (κ1) is 19.7. The summed E-state index contributed by atoms with van der Waals surface area (Å²) < 4.78 is 79.4. The van der Waals surface area contributed by atoms with Crippen molar-refractivity contribution in [2.45, 2.75) is 13.1 Å². The number of rotatable bonds is 3. The lowest BCUT2D eigenvalue weighted by Crippen LogP contribution is -2.00. The lowest BCUT2D eigenvalue weighted by molar-refractivity contribution is -0.0790. The topological polar surface area (TPSA) is 0 Å². The average molecular weight is 392 g/mol. The predicted molar refractivity (Wildman–Crippen MR) is 97.0 cm³/mol. The minimum absolute atomic E-state index is 0.0570. The lowest BCUT2D eigenvalue weighted by atomic mass is 9.98. The molecule has 0 heterocycles. The van der Waals surface area contributed by atoms with E-state index in [-0.39, 0.29) is 28.3 Å². The van der Waals surface area contributed by atoms with E-state index in [1.807, 2.05) is 0 Å². The van der Waals surface area contributed by atoms with Gasteiger partial charge in [-0.05, 0) is 47.9 Å². The van der Waals surface area contributed by atoms with Crippen LogP contribution in [0, 0.1) is 24.4 Å². The van der Waals surface area contributed by atoms with Crippen molar-refractivity contribution in [1.29, 1.82) is 0 Å². The molecular formula is C22H14F6. The second-order valence-electron chi connectivity index (χ2n) is 6.29. The van der Waals surface area contributed by atoms with Crippen molar-refractivity contribution in [2.24, 2.45) is 0 Å². The van der Waals surface area contributed by atoms with Crippen molar-refractivity contribution < 1.29 is 26.3 Å². The van der Waals surface area contributed by atoms with Gasteiger partial charge in [0.05, 0.1) is 0 Å². The molecule has 3 aromatic rings. The fourth-order valence-corrected chi connectivity index (χ4v) is 2.79. The number of hydrogen-bond acceptors (Lipinski definition) is 0. The highest BCUT2D eigenvalue weighted by atomic mass is 19.4. The van der Waals surface area contributed by atoms with Gasteiger partial charge in [-0.1, -0.05) is 36.4 Å². The first-order valence-corrected chi connectivity index (χ1v) is 8.26. The lowest BCUT2D eigenvalue weighted by Gasteiger charge is -2.09. The maximum Gasteiger partial charge on any atom is 0.409 e. The summed E-state index contributed by atoms with van der Waals surface area (Å²) in [5.74, 6) is -2.10. The molecule has 0 unspecified atom stereocenters. The quantitative estimate of drug-likeness (QED) is 0.410. The summed E-state index contributed by atoms with van der Waals surface area (Å²) in [5, 5.41) is 0. The number of aryl methyl sites for hydroxylation is 1. The summed E-state index contributed by atoms with van der Waals surface area (Å²) in [6.07, 6.45) is -4.02. The van der Waals surface area contributed by atoms with Gasteiger partial charge >= 0.3 is 6.18 Å². The molecule has 0 aliphatic carbocycles. The van der Waals surface area contributed by atoms with Crippen LogP contribution in [0.25, 0.3) is 28.3 Å². The van der Waals surface area contributed by atoms with Crippen LogP contribution in [0.1, 0.15) is 11.1 Å². The highest BCUT2D eigenvalue weighted by molar-refractivity contribution is 5.72. The Kier molecular flexibility index (Phi) is 5.31. The molecule has 6 heteroatoms. The highest BCUT2D eigenvalue weighted by Crippen LogP contribution is 2.31. The molecule has 28 heavy (non-hydrogen) atoms. The Morgan fingerprint density at radius 2 is 1.21 bits per heavy atom. The minimum atomic E-state index is -4.56. The number of halogens is 6. The second-order valence-corrected chi connectivity index (χ2v) is 6.29. The normalized spacial score (nSPS) is 12.0. The molecule has 0 saturated carbocycles. The van der Waals surface area contributed by atoms with Crippen LogP contribution < -0.4 is 0 Å². The zero-order chi connectivity index (χ0) is 20.5. The van der Waals surface area contributed by atoms with E-state index in [1.165, 1.54) is 24.3 Å². The summed E-state index contributed by atoms with van der Waals surface area (Å²) >= 11 is 0. The molecule has 3 rings (SSSR count). The third-order valence-electron chi connectivity index (χ3n) is 4.17. The molecule has 0 aliphatic rings. The van der Waals surface area contributed by atoms with Crippen LogP contribution in [0.15, 0.2) is 60.7 Å². The van der Waals surface area contributed by atoms with E-state index in [0.29, 0.717) is 11.6 Å². The van der Waals surface area contributed by atoms with Crippen molar-refractivity contribution in [2.75, 3.05) is 0 Å². The molecule has 0 amide bonds. The molecule has 0 radical (unpaired) electrons. The van der Waals surface area contributed by atoms with Gasteiger partial charge in [-0.25, -0.2) is 13.2 Å². The number of alkyl halides is 3. The third-order valence-corrected chi connectivity index (χ3v) is 4.17. The van der Waals surface area contributed by atoms with Gasteiger partial charge in [0.15, 0.2) is 0 Å². The van der Waals surface area contributed by atoms with Crippen LogP contribution in [0.5, 0.6) is 0 Å². The molecule has 0 aliphatic heterocycles. The van der Waals surface area contributed by atoms with Gasteiger partial charge in [0.25, 0.3) is 0 Å². The standard InChI is InChI=1S/C22H14F6/c1-13-2-6-17(20(24)10-13)16-5-7-18(21(25)12-16)15-4-3-14(19(23)11-15)8-9-22(26,27)28/h2-12H,1H3/b9-8+. The van der Waals surface area contributed by atoms with Crippen molar-refractivity contribution in [3.63, 3.8) is 0 Å². The van der Waals surface area contributed by atoms with Crippen molar-refractivity contribution in [3.8, 4) is 22.3 Å².